The van der Waals surface area contributed by atoms with Crippen molar-refractivity contribution in [3.63, 3.8) is 0 Å². The Morgan fingerprint density at radius 3 is 2.69 bits per heavy atom. The SMILES string of the molecule is C=C(Cn1cnc2c(c1=O)CCC(C)C=N2)OC(=O)/C=C/C.CC.CC.[HH]. The van der Waals surface area contributed by atoms with Crippen molar-refractivity contribution in [2.75, 3.05) is 0 Å². The average Bonchev–Trinajstić information content (AvgIpc) is 2.83. The molecule has 2 rings (SSSR count). The fourth-order valence-corrected chi connectivity index (χ4v) is 2.15. The molecule has 6 heteroatoms. The first-order valence-corrected chi connectivity index (χ1v) is 9.16. The second kappa shape index (κ2) is 12.8. The number of aliphatic imine (C=N–C) groups is 1. The van der Waals surface area contributed by atoms with Gasteiger partial charge in [0.25, 0.3) is 5.56 Å². The molecule has 1 aliphatic rings. The van der Waals surface area contributed by atoms with Crippen LogP contribution in [0.1, 0.15) is 55.0 Å². The predicted octanol–water partition coefficient (Wildman–Crippen LogP) is 4.46. The van der Waals surface area contributed by atoms with Gasteiger partial charge in [-0.15, -0.1) is 0 Å². The number of carbonyl (C=O) groups is 1. The zero-order chi connectivity index (χ0) is 20.1. The topological polar surface area (TPSA) is 73.6 Å². The number of carbonyl (C=O) groups excluding carboxylic acids is 1. The largest absolute Gasteiger partial charge is 0.427 e. The molecule has 0 saturated heterocycles. The number of hydrogen-bond donors (Lipinski definition) is 0. The summed E-state index contributed by atoms with van der Waals surface area (Å²) in [5.74, 6) is 0.472. The maximum absolute atomic E-state index is 12.5. The molecule has 1 unspecified atom stereocenters. The van der Waals surface area contributed by atoms with E-state index in [4.69, 9.17) is 4.74 Å². The van der Waals surface area contributed by atoms with Crippen molar-refractivity contribution in [1.29, 1.82) is 0 Å². The molecule has 1 aromatic heterocycles. The predicted molar refractivity (Wildman–Crippen MR) is 109 cm³/mol. The van der Waals surface area contributed by atoms with Crippen molar-refractivity contribution >= 4 is 18.0 Å². The minimum Gasteiger partial charge on any atom is -0.427 e. The van der Waals surface area contributed by atoms with E-state index in [9.17, 15) is 9.59 Å². The highest BCUT2D eigenvalue weighted by Crippen LogP contribution is 2.19. The lowest BCUT2D eigenvalue weighted by Crippen LogP contribution is -2.25. The van der Waals surface area contributed by atoms with E-state index in [-0.39, 0.29) is 19.3 Å². The van der Waals surface area contributed by atoms with Crippen LogP contribution in [-0.4, -0.2) is 21.7 Å². The normalized spacial score (nSPS) is 14.9. The van der Waals surface area contributed by atoms with Crippen LogP contribution in [0.3, 0.4) is 0 Å². The van der Waals surface area contributed by atoms with E-state index in [1.807, 2.05) is 33.9 Å². The molecule has 6 nitrogen and oxygen atoms in total. The van der Waals surface area contributed by atoms with Gasteiger partial charge in [0, 0.05) is 13.7 Å². The minimum atomic E-state index is -0.512. The van der Waals surface area contributed by atoms with Crippen LogP contribution in [0.2, 0.25) is 0 Å². The van der Waals surface area contributed by atoms with Crippen LogP contribution < -0.4 is 5.56 Å². The van der Waals surface area contributed by atoms with Crippen LogP contribution in [0, 0.1) is 5.92 Å². The van der Waals surface area contributed by atoms with Gasteiger partial charge in [-0.3, -0.25) is 9.36 Å². The first-order valence-electron chi connectivity index (χ1n) is 9.16. The Morgan fingerprint density at radius 1 is 1.42 bits per heavy atom. The summed E-state index contributed by atoms with van der Waals surface area (Å²) in [6.07, 6.45) is 7.58. The summed E-state index contributed by atoms with van der Waals surface area (Å²) in [5.41, 5.74) is 0.426. The molecule has 0 saturated carbocycles. The first kappa shape index (κ1) is 23.5. The molecule has 1 atom stereocenters. The fraction of sp³-hybridized carbons (Fsp3) is 0.500. The maximum atomic E-state index is 12.5. The highest BCUT2D eigenvalue weighted by atomic mass is 16.5. The Labute approximate surface area is 157 Å². The molecule has 1 aliphatic heterocycles. The fourth-order valence-electron chi connectivity index (χ4n) is 2.15. The van der Waals surface area contributed by atoms with Gasteiger partial charge in [0.05, 0.1) is 12.1 Å². The number of ether oxygens (including phenoxy) is 1. The first-order chi connectivity index (χ1) is 12.5. The number of fused-ring (bicyclic) bond motifs is 1. The van der Waals surface area contributed by atoms with E-state index in [1.54, 1.807) is 13.0 Å². The lowest BCUT2D eigenvalue weighted by atomic mass is 10.0. The van der Waals surface area contributed by atoms with Gasteiger partial charge in [-0.1, -0.05) is 47.3 Å². The summed E-state index contributed by atoms with van der Waals surface area (Å²) < 4.78 is 6.38. The van der Waals surface area contributed by atoms with Crippen LogP contribution in [-0.2, 0) is 22.5 Å². The van der Waals surface area contributed by atoms with Gasteiger partial charge in [0.1, 0.15) is 12.1 Å². The van der Waals surface area contributed by atoms with Gasteiger partial charge in [-0.2, -0.15) is 0 Å². The van der Waals surface area contributed by atoms with E-state index in [0.29, 0.717) is 23.7 Å². The standard InChI is InChI=1S/C16H19N3O3.2C2H6.H2/c1-4-5-14(20)22-12(3)9-19-10-18-15-13(16(19)21)7-6-11(2)8-17-15;2*1-2;/h4-5,8,10-11H,3,6-7,9H2,1-2H3;2*1-2H3;1H/b5-4+;;;. The molecule has 2 heterocycles. The van der Waals surface area contributed by atoms with Gasteiger partial charge in [0.15, 0.2) is 5.82 Å². The summed E-state index contributed by atoms with van der Waals surface area (Å²) >= 11 is 0. The van der Waals surface area contributed by atoms with Gasteiger partial charge in [0.2, 0.25) is 0 Å². The van der Waals surface area contributed by atoms with E-state index in [1.165, 1.54) is 17.0 Å². The molecular weight excluding hydrogens is 330 g/mol. The zero-order valence-electron chi connectivity index (χ0n) is 16.8. The molecule has 26 heavy (non-hydrogen) atoms. The second-order valence-electron chi connectivity index (χ2n) is 5.23. The van der Waals surface area contributed by atoms with Gasteiger partial charge in [-0.05, 0) is 25.7 Å². The van der Waals surface area contributed by atoms with Crippen molar-refractivity contribution < 1.29 is 11.0 Å². The van der Waals surface area contributed by atoms with Crippen LogP contribution in [0.15, 0.2) is 40.6 Å². The highest BCUT2D eigenvalue weighted by Gasteiger charge is 2.16. The number of esters is 1. The van der Waals surface area contributed by atoms with Crippen LogP contribution in [0.5, 0.6) is 0 Å². The molecule has 0 spiro atoms. The maximum Gasteiger partial charge on any atom is 0.335 e. The van der Waals surface area contributed by atoms with Crippen molar-refractivity contribution in [3.8, 4) is 0 Å². The van der Waals surface area contributed by atoms with Crippen LogP contribution >= 0.6 is 0 Å². The summed E-state index contributed by atoms with van der Waals surface area (Å²) in [7, 11) is 0. The van der Waals surface area contributed by atoms with E-state index in [0.717, 1.165) is 6.42 Å². The zero-order valence-corrected chi connectivity index (χ0v) is 16.8. The molecule has 0 N–H and O–H groups in total. The number of nitrogens with zero attached hydrogens (tertiary/aromatic N) is 3. The Balaban J connectivity index is 0. The Kier molecular flexibility index (Phi) is 11.6. The van der Waals surface area contributed by atoms with Crippen LogP contribution in [0.4, 0.5) is 5.82 Å². The van der Waals surface area contributed by atoms with Crippen LogP contribution in [0.25, 0.3) is 0 Å². The molecule has 0 aliphatic carbocycles. The Morgan fingerprint density at radius 2 is 2.08 bits per heavy atom. The third kappa shape index (κ3) is 7.17. The van der Waals surface area contributed by atoms with Crippen molar-refractivity contribution in [3.05, 3.63) is 46.7 Å². The number of hydrogen-bond acceptors (Lipinski definition) is 5. The third-order valence-corrected chi connectivity index (χ3v) is 3.30. The summed E-state index contributed by atoms with van der Waals surface area (Å²) in [6, 6.07) is 0. The monoisotopic (exact) mass is 363 g/mol. The minimum absolute atomic E-state index is 0. The second-order valence-corrected chi connectivity index (χ2v) is 5.23. The number of allylic oxidation sites excluding steroid dienone is 2. The Bertz CT molecular complexity index is 709. The van der Waals surface area contributed by atoms with Gasteiger partial charge >= 0.3 is 5.97 Å². The summed E-state index contributed by atoms with van der Waals surface area (Å²) in [6.45, 7) is 15.5. The molecule has 0 bridgehead atoms. The average molecular weight is 364 g/mol. The van der Waals surface area contributed by atoms with Crippen molar-refractivity contribution in [1.82, 2.24) is 9.55 Å². The summed E-state index contributed by atoms with van der Waals surface area (Å²) in [5, 5.41) is 0. The smallest absolute Gasteiger partial charge is 0.335 e. The number of rotatable bonds is 4. The number of aromatic nitrogens is 2. The van der Waals surface area contributed by atoms with Crippen molar-refractivity contribution in [2.24, 2.45) is 10.9 Å². The highest BCUT2D eigenvalue weighted by molar-refractivity contribution is 5.82. The molecule has 1 aromatic rings. The van der Waals surface area contributed by atoms with Gasteiger partial charge in [-0.25, -0.2) is 14.8 Å². The Hall–Kier alpha value is -2.50. The van der Waals surface area contributed by atoms with E-state index < -0.39 is 5.97 Å². The van der Waals surface area contributed by atoms with Crippen molar-refractivity contribution in [2.45, 2.75) is 60.9 Å². The molecule has 0 fully saturated rings. The molecule has 0 amide bonds. The lowest BCUT2D eigenvalue weighted by molar-refractivity contribution is -0.134. The van der Waals surface area contributed by atoms with E-state index >= 15 is 0 Å². The van der Waals surface area contributed by atoms with Gasteiger partial charge < -0.3 is 4.74 Å². The third-order valence-electron chi connectivity index (χ3n) is 3.30. The quantitative estimate of drug-likeness (QED) is 0.450. The molecule has 0 radical (unpaired) electrons. The summed E-state index contributed by atoms with van der Waals surface area (Å²) in [4.78, 5) is 32.3. The molecule has 146 valence electrons. The lowest BCUT2D eigenvalue weighted by Gasteiger charge is -2.10. The molecular formula is C20H33N3O3. The molecule has 0 aromatic carbocycles. The van der Waals surface area contributed by atoms with E-state index in [2.05, 4.69) is 23.5 Å².